The van der Waals surface area contributed by atoms with Gasteiger partial charge in [-0.2, -0.15) is 5.10 Å². The van der Waals surface area contributed by atoms with Crippen LogP contribution in [0.3, 0.4) is 0 Å². The van der Waals surface area contributed by atoms with Crippen LogP contribution in [0.4, 0.5) is 8.78 Å². The molecule has 0 spiro atoms. The number of aromatic carboxylic acids is 1. The van der Waals surface area contributed by atoms with E-state index in [4.69, 9.17) is 0 Å². The van der Waals surface area contributed by atoms with Crippen LogP contribution < -0.4 is 5.43 Å². The predicted octanol–water partition coefficient (Wildman–Crippen LogP) is 3.96. The number of carbonyl (C=O) groups is 1. The van der Waals surface area contributed by atoms with E-state index in [1.807, 2.05) is 20.8 Å². The van der Waals surface area contributed by atoms with Gasteiger partial charge in [0, 0.05) is 29.5 Å². The topological polar surface area (TPSA) is 77.1 Å². The average Bonchev–Trinajstić information content (AvgIpc) is 3.03. The fourth-order valence-electron chi connectivity index (χ4n) is 3.80. The highest BCUT2D eigenvalue weighted by atomic mass is 19.1. The number of rotatable bonds is 2. The lowest BCUT2D eigenvalue weighted by Gasteiger charge is -2.38. The van der Waals surface area contributed by atoms with Crippen molar-refractivity contribution in [2.24, 2.45) is 5.41 Å². The first kappa shape index (κ1) is 19.0. The van der Waals surface area contributed by atoms with Gasteiger partial charge in [-0.1, -0.05) is 20.8 Å². The van der Waals surface area contributed by atoms with E-state index in [-0.39, 0.29) is 22.6 Å². The van der Waals surface area contributed by atoms with E-state index in [2.05, 4.69) is 5.10 Å². The van der Waals surface area contributed by atoms with Crippen LogP contribution >= 0.6 is 0 Å². The Morgan fingerprint density at radius 2 is 1.93 bits per heavy atom. The van der Waals surface area contributed by atoms with Gasteiger partial charge in [-0.3, -0.25) is 9.48 Å². The molecule has 1 N–H and O–H groups in total. The minimum atomic E-state index is -1.30. The summed E-state index contributed by atoms with van der Waals surface area (Å²) in [5.41, 5.74) is 0.258. The molecule has 2 aromatic heterocycles. The predicted molar refractivity (Wildman–Crippen MR) is 103 cm³/mol. The van der Waals surface area contributed by atoms with E-state index in [9.17, 15) is 23.5 Å². The number of carboxylic acids is 1. The molecule has 1 atom stereocenters. The number of pyridine rings is 1. The molecule has 0 radical (unpaired) electrons. The summed E-state index contributed by atoms with van der Waals surface area (Å²) in [6, 6.07) is 4.34. The Hall–Kier alpha value is -3.29. The van der Waals surface area contributed by atoms with Crippen molar-refractivity contribution in [3.05, 3.63) is 64.1 Å². The molecule has 6 nitrogen and oxygen atoms in total. The summed E-state index contributed by atoms with van der Waals surface area (Å²) in [7, 11) is 0. The fraction of sp³-hybridized carbons (Fsp3) is 0.286. The molecule has 1 aliphatic heterocycles. The third-order valence-electron chi connectivity index (χ3n) is 5.29. The van der Waals surface area contributed by atoms with Gasteiger partial charge in [0.25, 0.3) is 0 Å². The van der Waals surface area contributed by atoms with Crippen LogP contribution in [0.25, 0.3) is 22.5 Å². The lowest BCUT2D eigenvalue weighted by atomic mass is 9.84. The Kier molecular flexibility index (Phi) is 4.18. The number of hydrogen-bond acceptors (Lipinski definition) is 3. The zero-order chi connectivity index (χ0) is 21.1. The van der Waals surface area contributed by atoms with Crippen molar-refractivity contribution in [2.45, 2.75) is 33.4 Å². The molecule has 1 aliphatic rings. The molecule has 0 fully saturated rings. The maximum Gasteiger partial charge on any atom is 0.341 e. The number of hydrogen-bond donors (Lipinski definition) is 1. The van der Waals surface area contributed by atoms with Crippen LogP contribution in [0.2, 0.25) is 0 Å². The molecule has 150 valence electrons. The van der Waals surface area contributed by atoms with Crippen LogP contribution in [0.5, 0.6) is 0 Å². The van der Waals surface area contributed by atoms with Gasteiger partial charge in [0.05, 0.1) is 30.2 Å². The van der Waals surface area contributed by atoms with Gasteiger partial charge in [-0.05, 0) is 17.5 Å². The number of carboxylic acid groups (broad SMARTS) is 1. The summed E-state index contributed by atoms with van der Waals surface area (Å²) < 4.78 is 31.3. The summed E-state index contributed by atoms with van der Waals surface area (Å²) >= 11 is 0. The van der Waals surface area contributed by atoms with Crippen LogP contribution in [0, 0.1) is 17.0 Å². The van der Waals surface area contributed by atoms with Crippen molar-refractivity contribution in [3.63, 3.8) is 0 Å². The maximum atomic E-state index is 14.5. The summed E-state index contributed by atoms with van der Waals surface area (Å²) in [5.74, 6) is -2.74. The van der Waals surface area contributed by atoms with Gasteiger partial charge in [0.15, 0.2) is 5.43 Å². The molecule has 0 saturated carbocycles. The Balaban J connectivity index is 2.02. The molecule has 3 aromatic rings. The molecule has 1 unspecified atom stereocenters. The first-order chi connectivity index (χ1) is 13.6. The van der Waals surface area contributed by atoms with E-state index in [1.165, 1.54) is 24.5 Å². The number of benzene rings is 1. The molecule has 1 aromatic carbocycles. The van der Waals surface area contributed by atoms with Gasteiger partial charge in [0.1, 0.15) is 17.2 Å². The summed E-state index contributed by atoms with van der Waals surface area (Å²) in [6.45, 7) is 6.44. The molecule has 0 bridgehead atoms. The number of nitrogens with zero attached hydrogens (tertiary/aromatic N) is 3. The van der Waals surface area contributed by atoms with Crippen molar-refractivity contribution in [1.82, 2.24) is 14.3 Å². The van der Waals surface area contributed by atoms with E-state index in [0.29, 0.717) is 23.5 Å². The van der Waals surface area contributed by atoms with Crippen LogP contribution in [0.1, 0.15) is 37.2 Å². The van der Waals surface area contributed by atoms with Crippen LogP contribution in [-0.2, 0) is 6.54 Å². The fourth-order valence-corrected chi connectivity index (χ4v) is 3.80. The lowest BCUT2D eigenvalue weighted by Crippen LogP contribution is -2.35. The van der Waals surface area contributed by atoms with Gasteiger partial charge in [0.2, 0.25) is 0 Å². The quantitative estimate of drug-likeness (QED) is 0.708. The summed E-state index contributed by atoms with van der Waals surface area (Å²) in [4.78, 5) is 23.9. The van der Waals surface area contributed by atoms with Gasteiger partial charge < -0.3 is 9.67 Å². The number of halogens is 2. The molecule has 0 saturated heterocycles. The molecule has 0 amide bonds. The first-order valence-electron chi connectivity index (χ1n) is 9.09. The SMILES string of the molecule is CC(C)(C)C1Cn2ncc(-c3ccc(F)cc3F)c2-c2cc(=O)c(C(=O)O)cn21. The Labute approximate surface area is 165 Å². The van der Waals surface area contributed by atoms with Crippen molar-refractivity contribution < 1.29 is 18.7 Å². The zero-order valence-corrected chi connectivity index (χ0v) is 16.1. The minimum absolute atomic E-state index is 0.156. The number of fused-ring (bicyclic) bond motifs is 3. The summed E-state index contributed by atoms with van der Waals surface area (Å²) in [5, 5.41) is 13.8. The van der Waals surface area contributed by atoms with Gasteiger partial charge >= 0.3 is 5.97 Å². The summed E-state index contributed by atoms with van der Waals surface area (Å²) in [6.07, 6.45) is 2.83. The zero-order valence-electron chi connectivity index (χ0n) is 16.1. The second-order valence-electron chi connectivity index (χ2n) is 8.24. The third-order valence-corrected chi connectivity index (χ3v) is 5.29. The van der Waals surface area contributed by atoms with Gasteiger partial charge in [-0.25, -0.2) is 13.6 Å². The molecule has 8 heteroatoms. The maximum absolute atomic E-state index is 14.5. The van der Waals surface area contributed by atoms with Gasteiger partial charge in [-0.15, -0.1) is 0 Å². The Bertz CT molecular complexity index is 1200. The van der Waals surface area contributed by atoms with E-state index in [0.717, 1.165) is 12.1 Å². The lowest BCUT2D eigenvalue weighted by molar-refractivity contribution is 0.0693. The average molecular weight is 399 g/mol. The van der Waals surface area contributed by atoms with E-state index in [1.54, 1.807) is 9.25 Å². The number of aromatic nitrogens is 3. The van der Waals surface area contributed by atoms with Crippen molar-refractivity contribution >= 4 is 5.97 Å². The molecule has 29 heavy (non-hydrogen) atoms. The first-order valence-corrected chi connectivity index (χ1v) is 9.09. The normalized spacial score (nSPS) is 15.7. The largest absolute Gasteiger partial charge is 0.477 e. The molecule has 3 heterocycles. The van der Waals surface area contributed by atoms with Crippen molar-refractivity contribution in [2.75, 3.05) is 0 Å². The molecular formula is C21H19F2N3O3. The second-order valence-corrected chi connectivity index (χ2v) is 8.24. The third kappa shape index (κ3) is 3.04. The van der Waals surface area contributed by atoms with Crippen molar-refractivity contribution in [1.29, 1.82) is 0 Å². The second kappa shape index (κ2) is 6.37. The van der Waals surface area contributed by atoms with Crippen LogP contribution in [0.15, 0.2) is 41.5 Å². The highest BCUT2D eigenvalue weighted by molar-refractivity contribution is 5.88. The van der Waals surface area contributed by atoms with Crippen LogP contribution in [-0.4, -0.2) is 25.4 Å². The minimum Gasteiger partial charge on any atom is -0.477 e. The standard InChI is InChI=1S/C21H19F2N3O3/c1-21(2,3)18-10-26-19(16-7-17(27)14(20(28)29)9-25(16)18)13(8-24-26)12-5-4-11(22)6-15(12)23/h4-9,18H,10H2,1-3H3,(H,28,29). The monoisotopic (exact) mass is 399 g/mol. The van der Waals surface area contributed by atoms with Crippen molar-refractivity contribution in [3.8, 4) is 22.5 Å². The highest BCUT2D eigenvalue weighted by Gasteiger charge is 2.35. The molecule has 4 rings (SSSR count). The smallest absolute Gasteiger partial charge is 0.341 e. The van der Waals surface area contributed by atoms with E-state index >= 15 is 0 Å². The Morgan fingerprint density at radius 1 is 1.21 bits per heavy atom. The Morgan fingerprint density at radius 3 is 2.55 bits per heavy atom. The highest BCUT2D eigenvalue weighted by Crippen LogP contribution is 2.43. The van der Waals surface area contributed by atoms with E-state index < -0.39 is 23.0 Å². The molecular weight excluding hydrogens is 380 g/mol. The molecule has 0 aliphatic carbocycles.